The standard InChI is InChI=1S/C25H22Cl2N2O6S/c1-35-25(32)20(29-23(30)17-6-3-4-9-21(17)36(2,33)34)14-15-10-12-16(13-11-15)28-24(31)22-18(26)7-5-8-19(22)27/h3-13,20H,14H2,1-2H3,(H,28,31)(H,29,30). The smallest absolute Gasteiger partial charge is 0.328 e. The van der Waals surface area contributed by atoms with Crippen LogP contribution >= 0.6 is 23.2 Å². The van der Waals surface area contributed by atoms with Gasteiger partial charge in [-0.25, -0.2) is 13.2 Å². The Hall–Kier alpha value is -3.40. The van der Waals surface area contributed by atoms with Crippen molar-refractivity contribution in [1.29, 1.82) is 0 Å². The molecule has 0 aromatic heterocycles. The van der Waals surface area contributed by atoms with Crippen LogP contribution < -0.4 is 10.6 Å². The quantitative estimate of drug-likeness (QED) is 0.408. The zero-order chi connectivity index (χ0) is 26.5. The predicted octanol–water partition coefficient (Wildman–Crippen LogP) is 4.16. The van der Waals surface area contributed by atoms with Gasteiger partial charge in [0.05, 0.1) is 33.2 Å². The zero-order valence-electron chi connectivity index (χ0n) is 19.2. The fourth-order valence-corrected chi connectivity index (χ4v) is 4.87. The first-order valence-corrected chi connectivity index (χ1v) is 13.2. The number of hydrogen-bond donors (Lipinski definition) is 2. The van der Waals surface area contributed by atoms with Crippen LogP contribution in [0.3, 0.4) is 0 Å². The fraction of sp³-hybridized carbons (Fsp3) is 0.160. The summed E-state index contributed by atoms with van der Waals surface area (Å²) >= 11 is 12.2. The lowest BCUT2D eigenvalue weighted by Gasteiger charge is -2.18. The van der Waals surface area contributed by atoms with Crippen molar-refractivity contribution in [3.8, 4) is 0 Å². The highest BCUT2D eigenvalue weighted by Crippen LogP contribution is 2.25. The zero-order valence-corrected chi connectivity index (χ0v) is 21.6. The van der Waals surface area contributed by atoms with E-state index in [2.05, 4.69) is 10.6 Å². The van der Waals surface area contributed by atoms with Crippen molar-refractivity contribution >= 4 is 56.5 Å². The minimum atomic E-state index is -3.67. The number of nitrogens with one attached hydrogen (secondary N) is 2. The second-order valence-electron chi connectivity index (χ2n) is 7.77. The topological polar surface area (TPSA) is 119 Å². The van der Waals surface area contributed by atoms with E-state index in [1.54, 1.807) is 42.5 Å². The van der Waals surface area contributed by atoms with E-state index >= 15 is 0 Å². The lowest BCUT2D eigenvalue weighted by atomic mass is 10.0. The molecule has 11 heteroatoms. The average Bonchev–Trinajstić information content (AvgIpc) is 2.83. The van der Waals surface area contributed by atoms with E-state index in [0.29, 0.717) is 11.3 Å². The van der Waals surface area contributed by atoms with Crippen molar-refractivity contribution < 1.29 is 27.5 Å². The molecule has 0 spiro atoms. The van der Waals surface area contributed by atoms with E-state index in [0.717, 1.165) is 6.26 Å². The Morgan fingerprint density at radius 3 is 2.08 bits per heavy atom. The van der Waals surface area contributed by atoms with E-state index < -0.39 is 33.7 Å². The van der Waals surface area contributed by atoms with Gasteiger partial charge < -0.3 is 15.4 Å². The molecule has 0 saturated carbocycles. The molecule has 2 N–H and O–H groups in total. The summed E-state index contributed by atoms with van der Waals surface area (Å²) in [5.74, 6) is -1.92. The first-order chi connectivity index (χ1) is 17.0. The molecule has 1 atom stereocenters. The molecule has 188 valence electrons. The predicted molar refractivity (Wildman–Crippen MR) is 137 cm³/mol. The van der Waals surface area contributed by atoms with Crippen LogP contribution in [0.4, 0.5) is 5.69 Å². The number of ether oxygens (including phenoxy) is 1. The maximum absolute atomic E-state index is 12.8. The molecule has 0 saturated heterocycles. The van der Waals surface area contributed by atoms with Gasteiger partial charge >= 0.3 is 5.97 Å². The van der Waals surface area contributed by atoms with E-state index in [4.69, 9.17) is 27.9 Å². The molecule has 0 aliphatic carbocycles. The Labute approximate surface area is 218 Å². The fourth-order valence-electron chi connectivity index (χ4n) is 3.42. The number of rotatable bonds is 8. The van der Waals surface area contributed by atoms with Crippen molar-refractivity contribution in [3.05, 3.63) is 93.5 Å². The summed E-state index contributed by atoms with van der Waals surface area (Å²) in [6, 6.07) is 15.9. The monoisotopic (exact) mass is 548 g/mol. The van der Waals surface area contributed by atoms with Gasteiger partial charge in [0.1, 0.15) is 6.04 Å². The molecule has 0 aliphatic rings. The molecular formula is C25H22Cl2N2O6S. The summed E-state index contributed by atoms with van der Waals surface area (Å²) in [4.78, 5) is 37.6. The Balaban J connectivity index is 1.75. The van der Waals surface area contributed by atoms with Gasteiger partial charge in [-0.05, 0) is 42.0 Å². The van der Waals surface area contributed by atoms with Crippen LogP contribution in [0.15, 0.2) is 71.6 Å². The van der Waals surface area contributed by atoms with Crippen molar-refractivity contribution in [3.63, 3.8) is 0 Å². The maximum Gasteiger partial charge on any atom is 0.328 e. The number of sulfone groups is 1. The number of anilines is 1. The summed E-state index contributed by atoms with van der Waals surface area (Å²) in [5.41, 5.74) is 1.18. The molecule has 0 aliphatic heterocycles. The molecule has 36 heavy (non-hydrogen) atoms. The van der Waals surface area contributed by atoms with Gasteiger partial charge in [-0.15, -0.1) is 0 Å². The van der Waals surface area contributed by atoms with Crippen molar-refractivity contribution in [2.24, 2.45) is 0 Å². The summed E-state index contributed by atoms with van der Waals surface area (Å²) in [5, 5.41) is 5.68. The molecule has 0 radical (unpaired) electrons. The largest absolute Gasteiger partial charge is 0.467 e. The minimum Gasteiger partial charge on any atom is -0.467 e. The van der Waals surface area contributed by atoms with Gasteiger partial charge in [-0.2, -0.15) is 0 Å². The lowest BCUT2D eigenvalue weighted by Crippen LogP contribution is -2.43. The molecule has 3 rings (SSSR count). The van der Waals surface area contributed by atoms with Gasteiger partial charge in [0.25, 0.3) is 11.8 Å². The SMILES string of the molecule is COC(=O)C(Cc1ccc(NC(=O)c2c(Cl)cccc2Cl)cc1)NC(=O)c1ccccc1S(C)(=O)=O. The van der Waals surface area contributed by atoms with Gasteiger partial charge in [0.2, 0.25) is 0 Å². The van der Waals surface area contributed by atoms with Crippen LogP contribution in [0.2, 0.25) is 10.0 Å². The second-order valence-corrected chi connectivity index (χ2v) is 10.6. The average molecular weight is 549 g/mol. The highest BCUT2D eigenvalue weighted by atomic mass is 35.5. The number of carbonyl (C=O) groups excluding carboxylic acids is 3. The van der Waals surface area contributed by atoms with Gasteiger partial charge in [-0.3, -0.25) is 9.59 Å². The third kappa shape index (κ3) is 6.63. The molecule has 0 fully saturated rings. The lowest BCUT2D eigenvalue weighted by molar-refractivity contribution is -0.142. The first-order valence-electron chi connectivity index (χ1n) is 10.5. The second kappa shape index (κ2) is 11.6. The van der Waals surface area contributed by atoms with Crippen molar-refractivity contribution in [1.82, 2.24) is 5.32 Å². The molecule has 0 heterocycles. The number of methoxy groups -OCH3 is 1. The number of carbonyl (C=O) groups is 3. The molecule has 2 amide bonds. The number of amides is 2. The minimum absolute atomic E-state index is 0.0595. The normalized spacial score (nSPS) is 11.9. The highest BCUT2D eigenvalue weighted by Gasteiger charge is 2.25. The molecule has 1 unspecified atom stereocenters. The third-order valence-electron chi connectivity index (χ3n) is 5.16. The molecule has 8 nitrogen and oxygen atoms in total. The third-order valence-corrected chi connectivity index (χ3v) is 6.95. The number of halogens is 2. The number of hydrogen-bond acceptors (Lipinski definition) is 6. The summed E-state index contributed by atoms with van der Waals surface area (Å²) in [6.07, 6.45) is 1.06. The number of benzene rings is 3. The summed E-state index contributed by atoms with van der Waals surface area (Å²) in [7, 11) is -2.48. The van der Waals surface area contributed by atoms with Gasteiger partial charge in [-0.1, -0.05) is 53.5 Å². The first kappa shape index (κ1) is 27.2. The summed E-state index contributed by atoms with van der Waals surface area (Å²) < 4.78 is 28.9. The molecule has 3 aromatic rings. The maximum atomic E-state index is 12.8. The van der Waals surface area contributed by atoms with Crippen LogP contribution in [0.1, 0.15) is 26.3 Å². The van der Waals surface area contributed by atoms with Crippen LogP contribution in [0.5, 0.6) is 0 Å². The Morgan fingerprint density at radius 2 is 1.50 bits per heavy atom. The highest BCUT2D eigenvalue weighted by molar-refractivity contribution is 7.90. The Bertz CT molecular complexity index is 1390. The van der Waals surface area contributed by atoms with Crippen LogP contribution in [-0.4, -0.2) is 45.6 Å². The Morgan fingerprint density at radius 1 is 0.889 bits per heavy atom. The summed E-state index contributed by atoms with van der Waals surface area (Å²) in [6.45, 7) is 0. The van der Waals surface area contributed by atoms with Crippen molar-refractivity contribution in [2.75, 3.05) is 18.7 Å². The van der Waals surface area contributed by atoms with Crippen LogP contribution in [-0.2, 0) is 25.8 Å². The Kier molecular flexibility index (Phi) is 8.73. The van der Waals surface area contributed by atoms with E-state index in [1.807, 2.05) is 0 Å². The van der Waals surface area contributed by atoms with Gasteiger partial charge in [0.15, 0.2) is 9.84 Å². The van der Waals surface area contributed by atoms with E-state index in [1.165, 1.54) is 31.4 Å². The molecular weight excluding hydrogens is 527 g/mol. The molecule has 0 bridgehead atoms. The van der Waals surface area contributed by atoms with E-state index in [-0.39, 0.29) is 32.5 Å². The van der Waals surface area contributed by atoms with E-state index in [9.17, 15) is 22.8 Å². The molecule has 3 aromatic carbocycles. The van der Waals surface area contributed by atoms with Gasteiger partial charge in [0, 0.05) is 18.4 Å². The van der Waals surface area contributed by atoms with Crippen LogP contribution in [0.25, 0.3) is 0 Å². The number of esters is 1. The van der Waals surface area contributed by atoms with Crippen LogP contribution in [0, 0.1) is 0 Å². The van der Waals surface area contributed by atoms with Crippen molar-refractivity contribution in [2.45, 2.75) is 17.4 Å².